The number of likely N-dealkylation sites (N-methyl/N-ethyl adjacent to an activating group) is 1. The van der Waals surface area contributed by atoms with E-state index in [0.717, 1.165) is 5.56 Å². The standard InChI is InChI=1S/C12H18N2O2/c1-13-12(16)8-14-11(9-15)7-10-5-3-2-4-6-10/h2-6,11,14-15H,7-9H2,1H3,(H,13,16). The predicted octanol–water partition coefficient (Wildman–Crippen LogP) is -0.0744. The van der Waals surface area contributed by atoms with Crippen molar-refractivity contribution >= 4 is 5.91 Å². The van der Waals surface area contributed by atoms with Gasteiger partial charge in [-0.25, -0.2) is 0 Å². The third-order valence-corrected chi connectivity index (χ3v) is 2.38. The lowest BCUT2D eigenvalue weighted by atomic mass is 10.1. The van der Waals surface area contributed by atoms with Gasteiger partial charge in [0, 0.05) is 13.1 Å². The normalized spacial score (nSPS) is 12.1. The molecular weight excluding hydrogens is 204 g/mol. The Labute approximate surface area is 95.7 Å². The van der Waals surface area contributed by atoms with Gasteiger partial charge in [-0.2, -0.15) is 0 Å². The summed E-state index contributed by atoms with van der Waals surface area (Å²) in [5.41, 5.74) is 1.14. The van der Waals surface area contributed by atoms with Crippen LogP contribution >= 0.6 is 0 Å². The minimum atomic E-state index is -0.0836. The minimum Gasteiger partial charge on any atom is -0.395 e. The molecule has 1 aromatic rings. The lowest BCUT2D eigenvalue weighted by Crippen LogP contribution is -2.41. The number of hydrogen-bond acceptors (Lipinski definition) is 3. The maximum absolute atomic E-state index is 11.0. The van der Waals surface area contributed by atoms with Gasteiger partial charge in [-0.1, -0.05) is 30.3 Å². The number of amides is 1. The van der Waals surface area contributed by atoms with Crippen molar-refractivity contribution in [1.82, 2.24) is 10.6 Å². The first-order chi connectivity index (χ1) is 7.76. The number of hydrogen-bond donors (Lipinski definition) is 3. The second kappa shape index (κ2) is 6.98. The second-order valence-corrected chi connectivity index (χ2v) is 3.62. The maximum Gasteiger partial charge on any atom is 0.233 e. The molecule has 0 heterocycles. The van der Waals surface area contributed by atoms with Crippen molar-refractivity contribution in [2.24, 2.45) is 0 Å². The number of carbonyl (C=O) groups excluding carboxylic acids is 1. The number of nitrogens with one attached hydrogen (secondary N) is 2. The van der Waals surface area contributed by atoms with Gasteiger partial charge in [0.15, 0.2) is 0 Å². The van der Waals surface area contributed by atoms with E-state index in [1.165, 1.54) is 0 Å². The van der Waals surface area contributed by atoms with E-state index in [2.05, 4.69) is 10.6 Å². The van der Waals surface area contributed by atoms with Gasteiger partial charge in [0.05, 0.1) is 13.2 Å². The maximum atomic E-state index is 11.0. The van der Waals surface area contributed by atoms with Crippen molar-refractivity contribution in [3.8, 4) is 0 Å². The van der Waals surface area contributed by atoms with Crippen molar-refractivity contribution in [1.29, 1.82) is 0 Å². The zero-order valence-electron chi connectivity index (χ0n) is 9.44. The molecule has 0 radical (unpaired) electrons. The summed E-state index contributed by atoms with van der Waals surface area (Å²) in [4.78, 5) is 11.0. The molecule has 0 aromatic heterocycles. The highest BCUT2D eigenvalue weighted by Gasteiger charge is 2.09. The van der Waals surface area contributed by atoms with Crippen molar-refractivity contribution in [3.63, 3.8) is 0 Å². The highest BCUT2D eigenvalue weighted by molar-refractivity contribution is 5.77. The molecule has 0 bridgehead atoms. The van der Waals surface area contributed by atoms with Crippen LogP contribution < -0.4 is 10.6 Å². The van der Waals surface area contributed by atoms with E-state index in [1.54, 1.807) is 7.05 Å². The van der Waals surface area contributed by atoms with E-state index in [9.17, 15) is 9.90 Å². The molecule has 1 amide bonds. The Balaban J connectivity index is 2.40. The summed E-state index contributed by atoms with van der Waals surface area (Å²) >= 11 is 0. The van der Waals surface area contributed by atoms with Crippen molar-refractivity contribution in [2.75, 3.05) is 20.2 Å². The van der Waals surface area contributed by atoms with Crippen LogP contribution in [0.15, 0.2) is 30.3 Å². The molecule has 1 atom stereocenters. The fourth-order valence-electron chi connectivity index (χ4n) is 1.43. The first-order valence-electron chi connectivity index (χ1n) is 5.35. The SMILES string of the molecule is CNC(=O)CNC(CO)Cc1ccccc1. The summed E-state index contributed by atoms with van der Waals surface area (Å²) in [6.07, 6.45) is 0.717. The van der Waals surface area contributed by atoms with Gasteiger partial charge in [0.2, 0.25) is 5.91 Å². The van der Waals surface area contributed by atoms with Crippen molar-refractivity contribution < 1.29 is 9.90 Å². The quantitative estimate of drug-likeness (QED) is 0.631. The molecule has 0 aliphatic heterocycles. The summed E-state index contributed by atoms with van der Waals surface area (Å²) < 4.78 is 0. The van der Waals surface area contributed by atoms with E-state index in [1.807, 2.05) is 30.3 Å². The monoisotopic (exact) mass is 222 g/mol. The van der Waals surface area contributed by atoms with Crippen LogP contribution in [0.5, 0.6) is 0 Å². The molecule has 1 aromatic carbocycles. The molecule has 0 spiro atoms. The first kappa shape index (κ1) is 12.7. The summed E-state index contributed by atoms with van der Waals surface area (Å²) in [6, 6.07) is 9.80. The van der Waals surface area contributed by atoms with Gasteiger partial charge < -0.3 is 15.7 Å². The van der Waals surface area contributed by atoms with Crippen LogP contribution in [-0.2, 0) is 11.2 Å². The molecule has 1 unspecified atom stereocenters. The molecule has 0 aliphatic rings. The lowest BCUT2D eigenvalue weighted by Gasteiger charge is -2.15. The van der Waals surface area contributed by atoms with Crippen LogP contribution in [-0.4, -0.2) is 37.3 Å². The van der Waals surface area contributed by atoms with E-state index in [4.69, 9.17) is 0 Å². The third-order valence-electron chi connectivity index (χ3n) is 2.38. The molecule has 0 saturated heterocycles. The highest BCUT2D eigenvalue weighted by Crippen LogP contribution is 2.02. The molecule has 4 nitrogen and oxygen atoms in total. The average molecular weight is 222 g/mol. The Morgan fingerprint density at radius 3 is 2.62 bits per heavy atom. The Bertz CT molecular complexity index is 314. The predicted molar refractivity (Wildman–Crippen MR) is 63.1 cm³/mol. The number of benzene rings is 1. The van der Waals surface area contributed by atoms with Crippen LogP contribution in [0.3, 0.4) is 0 Å². The van der Waals surface area contributed by atoms with Crippen LogP contribution in [0.1, 0.15) is 5.56 Å². The molecule has 3 N–H and O–H groups in total. The van der Waals surface area contributed by atoms with Gasteiger partial charge in [0.1, 0.15) is 0 Å². The average Bonchev–Trinajstić information content (AvgIpc) is 2.35. The molecule has 0 fully saturated rings. The molecule has 1 rings (SSSR count). The smallest absolute Gasteiger partial charge is 0.233 e. The first-order valence-corrected chi connectivity index (χ1v) is 5.35. The molecule has 0 saturated carbocycles. The number of aliphatic hydroxyl groups excluding tert-OH is 1. The van der Waals surface area contributed by atoms with E-state index < -0.39 is 0 Å². The summed E-state index contributed by atoms with van der Waals surface area (Å²) in [7, 11) is 1.59. The zero-order chi connectivity index (χ0) is 11.8. The van der Waals surface area contributed by atoms with Gasteiger partial charge in [-0.05, 0) is 12.0 Å². The lowest BCUT2D eigenvalue weighted by molar-refractivity contribution is -0.119. The van der Waals surface area contributed by atoms with Gasteiger partial charge in [-0.3, -0.25) is 4.79 Å². The van der Waals surface area contributed by atoms with Gasteiger partial charge in [0.25, 0.3) is 0 Å². The molecular formula is C12H18N2O2. The molecule has 16 heavy (non-hydrogen) atoms. The second-order valence-electron chi connectivity index (χ2n) is 3.62. The van der Waals surface area contributed by atoms with Gasteiger partial charge in [-0.15, -0.1) is 0 Å². The largest absolute Gasteiger partial charge is 0.395 e. The van der Waals surface area contributed by atoms with Crippen LogP contribution in [0.2, 0.25) is 0 Å². The summed E-state index contributed by atoms with van der Waals surface area (Å²) in [6.45, 7) is 0.250. The highest BCUT2D eigenvalue weighted by atomic mass is 16.3. The number of rotatable bonds is 6. The van der Waals surface area contributed by atoms with E-state index in [0.29, 0.717) is 6.42 Å². The molecule has 88 valence electrons. The topological polar surface area (TPSA) is 61.4 Å². The van der Waals surface area contributed by atoms with Crippen LogP contribution in [0.4, 0.5) is 0 Å². The Morgan fingerprint density at radius 1 is 1.38 bits per heavy atom. The van der Waals surface area contributed by atoms with Crippen molar-refractivity contribution in [3.05, 3.63) is 35.9 Å². The summed E-state index contributed by atoms with van der Waals surface area (Å²) in [5.74, 6) is -0.0773. The van der Waals surface area contributed by atoms with Gasteiger partial charge >= 0.3 is 0 Å². The van der Waals surface area contributed by atoms with E-state index in [-0.39, 0.29) is 25.1 Å². The molecule has 0 aliphatic carbocycles. The Morgan fingerprint density at radius 2 is 2.06 bits per heavy atom. The fraction of sp³-hybridized carbons (Fsp3) is 0.417. The zero-order valence-corrected chi connectivity index (χ0v) is 9.44. The number of carbonyl (C=O) groups is 1. The van der Waals surface area contributed by atoms with Crippen LogP contribution in [0.25, 0.3) is 0 Å². The Hall–Kier alpha value is -1.39. The van der Waals surface area contributed by atoms with Crippen molar-refractivity contribution in [2.45, 2.75) is 12.5 Å². The van der Waals surface area contributed by atoms with E-state index >= 15 is 0 Å². The van der Waals surface area contributed by atoms with Crippen LogP contribution in [0, 0.1) is 0 Å². The minimum absolute atomic E-state index is 0.0197. The third kappa shape index (κ3) is 4.42. The fourth-order valence-corrected chi connectivity index (χ4v) is 1.43. The molecule has 4 heteroatoms. The Kier molecular flexibility index (Phi) is 5.53. The summed E-state index contributed by atoms with van der Waals surface area (Å²) in [5, 5.41) is 14.7. The number of aliphatic hydroxyl groups is 1.